The van der Waals surface area contributed by atoms with E-state index in [1.165, 1.54) is 0 Å². The minimum atomic E-state index is -0.551. The summed E-state index contributed by atoms with van der Waals surface area (Å²) in [6.07, 6.45) is 2.05. The van der Waals surface area contributed by atoms with Crippen molar-refractivity contribution in [1.29, 1.82) is 0 Å². The maximum absolute atomic E-state index is 9.65. The van der Waals surface area contributed by atoms with Crippen molar-refractivity contribution in [2.24, 2.45) is 0 Å². The Hall–Kier alpha value is -0.380. The molecule has 0 aromatic rings. The number of aliphatic hydroxyl groups excluding tert-OH is 1. The molecular formula is C10H16O3. The Kier molecular flexibility index (Phi) is 1.98. The Morgan fingerprint density at radius 1 is 1.46 bits per heavy atom. The molecule has 13 heavy (non-hydrogen) atoms. The molecule has 0 aromatic carbocycles. The molecule has 1 N–H and O–H groups in total. The van der Waals surface area contributed by atoms with Gasteiger partial charge in [-0.1, -0.05) is 13.0 Å². The van der Waals surface area contributed by atoms with Crippen LogP contribution in [0.15, 0.2) is 11.6 Å². The number of hydrogen-bond acceptors (Lipinski definition) is 3. The van der Waals surface area contributed by atoms with Gasteiger partial charge in [-0.3, -0.25) is 0 Å². The first-order valence-electron chi connectivity index (χ1n) is 4.78. The van der Waals surface area contributed by atoms with Gasteiger partial charge in [0.05, 0.1) is 0 Å². The lowest BCUT2D eigenvalue weighted by Crippen LogP contribution is -2.29. The third-order valence-corrected chi connectivity index (χ3v) is 2.62. The maximum atomic E-state index is 9.65. The van der Waals surface area contributed by atoms with Gasteiger partial charge in [-0.25, -0.2) is 0 Å². The molecule has 0 radical (unpaired) electrons. The summed E-state index contributed by atoms with van der Waals surface area (Å²) in [5, 5.41) is 9.65. The Bertz CT molecular complexity index is 245. The molecule has 3 heteroatoms. The van der Waals surface area contributed by atoms with Gasteiger partial charge in [-0.05, 0) is 25.8 Å². The van der Waals surface area contributed by atoms with Crippen LogP contribution in [0.2, 0.25) is 0 Å². The van der Waals surface area contributed by atoms with Gasteiger partial charge in [0.2, 0.25) is 0 Å². The fourth-order valence-electron chi connectivity index (χ4n) is 2.05. The van der Waals surface area contributed by atoms with Gasteiger partial charge in [-0.2, -0.15) is 0 Å². The third-order valence-electron chi connectivity index (χ3n) is 2.62. The first-order valence-corrected chi connectivity index (χ1v) is 4.78. The topological polar surface area (TPSA) is 38.7 Å². The van der Waals surface area contributed by atoms with Gasteiger partial charge >= 0.3 is 0 Å². The first-order chi connectivity index (χ1) is 6.03. The summed E-state index contributed by atoms with van der Waals surface area (Å²) >= 11 is 0. The van der Waals surface area contributed by atoms with Crippen LogP contribution >= 0.6 is 0 Å². The van der Waals surface area contributed by atoms with Crippen molar-refractivity contribution < 1.29 is 14.6 Å². The van der Waals surface area contributed by atoms with Crippen LogP contribution in [0.25, 0.3) is 0 Å². The van der Waals surface area contributed by atoms with Crippen molar-refractivity contribution in [3.05, 3.63) is 11.6 Å². The molecule has 3 nitrogen and oxygen atoms in total. The molecule has 1 unspecified atom stereocenters. The molecule has 0 spiro atoms. The lowest BCUT2D eigenvalue weighted by Gasteiger charge is -2.18. The largest absolute Gasteiger partial charge is 0.386 e. The Labute approximate surface area is 78.3 Å². The van der Waals surface area contributed by atoms with Crippen molar-refractivity contribution in [3.8, 4) is 0 Å². The van der Waals surface area contributed by atoms with Crippen LogP contribution < -0.4 is 0 Å². The molecule has 1 fully saturated rings. The minimum absolute atomic E-state index is 0.0324. The second kappa shape index (κ2) is 2.80. The SMILES string of the molecule is CCC1=C[C@H](O)C2OC(C)(C)O[C@H]12. The molecular weight excluding hydrogens is 168 g/mol. The van der Waals surface area contributed by atoms with Crippen LogP contribution in [0.1, 0.15) is 27.2 Å². The summed E-state index contributed by atoms with van der Waals surface area (Å²) in [6.45, 7) is 5.83. The molecule has 0 aromatic heterocycles. The molecule has 0 amide bonds. The maximum Gasteiger partial charge on any atom is 0.164 e. The van der Waals surface area contributed by atoms with Crippen LogP contribution in [0, 0.1) is 0 Å². The molecule has 3 atom stereocenters. The van der Waals surface area contributed by atoms with Gasteiger partial charge in [0.25, 0.3) is 0 Å². The molecule has 1 aliphatic heterocycles. The van der Waals surface area contributed by atoms with E-state index in [0.717, 1.165) is 12.0 Å². The van der Waals surface area contributed by atoms with E-state index in [1.807, 2.05) is 19.9 Å². The lowest BCUT2D eigenvalue weighted by molar-refractivity contribution is -0.152. The average molecular weight is 184 g/mol. The van der Waals surface area contributed by atoms with Crippen molar-refractivity contribution in [2.45, 2.75) is 51.3 Å². The fraction of sp³-hybridized carbons (Fsp3) is 0.800. The highest BCUT2D eigenvalue weighted by Gasteiger charge is 2.48. The molecule has 74 valence electrons. The molecule has 1 aliphatic carbocycles. The van der Waals surface area contributed by atoms with E-state index in [2.05, 4.69) is 6.92 Å². The molecule has 2 rings (SSSR count). The Balaban J connectivity index is 2.19. The molecule has 0 saturated carbocycles. The smallest absolute Gasteiger partial charge is 0.164 e. The lowest BCUT2D eigenvalue weighted by atomic mass is 10.1. The second-order valence-electron chi connectivity index (χ2n) is 4.11. The summed E-state index contributed by atoms with van der Waals surface area (Å²) in [7, 11) is 0. The zero-order valence-corrected chi connectivity index (χ0v) is 8.28. The zero-order valence-electron chi connectivity index (χ0n) is 8.28. The Morgan fingerprint density at radius 2 is 2.15 bits per heavy atom. The van der Waals surface area contributed by atoms with Gasteiger partial charge in [0.15, 0.2) is 5.79 Å². The highest BCUT2D eigenvalue weighted by atomic mass is 16.8. The van der Waals surface area contributed by atoms with E-state index in [4.69, 9.17) is 9.47 Å². The van der Waals surface area contributed by atoms with Crippen molar-refractivity contribution in [2.75, 3.05) is 0 Å². The number of aliphatic hydroxyl groups is 1. The van der Waals surface area contributed by atoms with Crippen LogP contribution in [0.3, 0.4) is 0 Å². The average Bonchev–Trinajstić information content (AvgIpc) is 2.47. The van der Waals surface area contributed by atoms with Crippen molar-refractivity contribution in [3.63, 3.8) is 0 Å². The Morgan fingerprint density at radius 3 is 2.77 bits per heavy atom. The van der Waals surface area contributed by atoms with E-state index in [1.54, 1.807) is 0 Å². The molecule has 2 aliphatic rings. The molecule has 0 bridgehead atoms. The molecule has 1 saturated heterocycles. The van der Waals surface area contributed by atoms with Gasteiger partial charge < -0.3 is 14.6 Å². The minimum Gasteiger partial charge on any atom is -0.386 e. The fourth-order valence-corrected chi connectivity index (χ4v) is 2.05. The molecule has 1 heterocycles. The number of rotatable bonds is 1. The van der Waals surface area contributed by atoms with Crippen LogP contribution in [-0.4, -0.2) is 29.2 Å². The number of fused-ring (bicyclic) bond motifs is 1. The first kappa shape index (κ1) is 9.19. The summed E-state index contributed by atoms with van der Waals surface area (Å²) in [4.78, 5) is 0. The summed E-state index contributed by atoms with van der Waals surface area (Å²) in [5.41, 5.74) is 1.16. The standard InChI is InChI=1S/C10H16O3/c1-4-6-5-7(11)9-8(6)12-10(2,3)13-9/h5,7-9,11H,4H2,1-3H3/t7-,8+,9?/m0/s1. The van der Waals surface area contributed by atoms with E-state index in [0.29, 0.717) is 0 Å². The van der Waals surface area contributed by atoms with Gasteiger partial charge in [0, 0.05) is 0 Å². The van der Waals surface area contributed by atoms with E-state index in [9.17, 15) is 5.11 Å². The normalized spacial score (nSPS) is 41.8. The van der Waals surface area contributed by atoms with E-state index >= 15 is 0 Å². The summed E-state index contributed by atoms with van der Waals surface area (Å²) < 4.78 is 11.3. The summed E-state index contributed by atoms with van der Waals surface area (Å²) in [5.74, 6) is -0.551. The van der Waals surface area contributed by atoms with E-state index < -0.39 is 11.9 Å². The van der Waals surface area contributed by atoms with E-state index in [-0.39, 0.29) is 12.2 Å². The van der Waals surface area contributed by atoms with Crippen molar-refractivity contribution in [1.82, 2.24) is 0 Å². The van der Waals surface area contributed by atoms with Crippen molar-refractivity contribution >= 4 is 0 Å². The van der Waals surface area contributed by atoms with Crippen LogP contribution in [0.4, 0.5) is 0 Å². The predicted molar refractivity (Wildman–Crippen MR) is 48.2 cm³/mol. The van der Waals surface area contributed by atoms with Gasteiger partial charge in [-0.15, -0.1) is 0 Å². The summed E-state index contributed by atoms with van der Waals surface area (Å²) in [6, 6.07) is 0. The third kappa shape index (κ3) is 1.41. The highest BCUT2D eigenvalue weighted by molar-refractivity contribution is 5.24. The van der Waals surface area contributed by atoms with Crippen LogP contribution in [0.5, 0.6) is 0 Å². The van der Waals surface area contributed by atoms with Crippen LogP contribution in [-0.2, 0) is 9.47 Å². The van der Waals surface area contributed by atoms with Gasteiger partial charge in [0.1, 0.15) is 18.3 Å². The quantitative estimate of drug-likeness (QED) is 0.623. The zero-order chi connectivity index (χ0) is 9.64. The monoisotopic (exact) mass is 184 g/mol. The number of hydrogen-bond donors (Lipinski definition) is 1. The predicted octanol–water partition coefficient (Wildman–Crippen LogP) is 1.22. The second-order valence-corrected chi connectivity index (χ2v) is 4.11. The number of ether oxygens (including phenoxy) is 2. The highest BCUT2D eigenvalue weighted by Crippen LogP contribution is 2.39.